The number of methoxy groups -OCH3 is 1. The second-order valence-corrected chi connectivity index (χ2v) is 5.51. The van der Waals surface area contributed by atoms with Crippen LogP contribution in [0.1, 0.15) is 57.8 Å². The van der Waals surface area contributed by atoms with Gasteiger partial charge in [0.25, 0.3) is 0 Å². The van der Waals surface area contributed by atoms with Crippen molar-refractivity contribution in [3.05, 3.63) is 0 Å². The molecule has 2 fully saturated rings. The zero-order valence-electron chi connectivity index (χ0n) is 10.6. The summed E-state index contributed by atoms with van der Waals surface area (Å²) in [7, 11) is 1.70. The Morgan fingerprint density at radius 2 is 1.44 bits per heavy atom. The van der Waals surface area contributed by atoms with Crippen LogP contribution in [0.3, 0.4) is 0 Å². The summed E-state index contributed by atoms with van der Waals surface area (Å²) in [6.07, 6.45) is 13.2. The Bertz CT molecular complexity index is 179. The minimum absolute atomic E-state index is 0.471. The highest BCUT2D eigenvalue weighted by atomic mass is 16.7. The summed E-state index contributed by atoms with van der Waals surface area (Å²) in [5, 5.41) is 0. The molecule has 0 aromatic carbocycles. The Morgan fingerprint density at radius 3 is 2.06 bits per heavy atom. The number of hydrogen-bond acceptors (Lipinski definition) is 2. The van der Waals surface area contributed by atoms with E-state index in [9.17, 15) is 0 Å². The van der Waals surface area contributed by atoms with E-state index in [1.54, 1.807) is 7.11 Å². The van der Waals surface area contributed by atoms with Crippen molar-refractivity contribution >= 4 is 0 Å². The van der Waals surface area contributed by atoms with E-state index in [4.69, 9.17) is 9.47 Å². The average Bonchev–Trinajstić information content (AvgIpc) is 2.38. The second-order valence-electron chi connectivity index (χ2n) is 5.51. The Morgan fingerprint density at radius 1 is 0.812 bits per heavy atom. The third kappa shape index (κ3) is 3.46. The molecular weight excluding hydrogens is 200 g/mol. The molecular formula is C14H26O2. The van der Waals surface area contributed by atoms with Crippen LogP contribution in [0.5, 0.6) is 0 Å². The molecule has 0 radical (unpaired) electrons. The van der Waals surface area contributed by atoms with Crippen LogP contribution in [0.25, 0.3) is 0 Å². The number of hydrogen-bond donors (Lipinski definition) is 0. The van der Waals surface area contributed by atoms with E-state index in [0.29, 0.717) is 12.9 Å². The quantitative estimate of drug-likeness (QED) is 0.680. The molecule has 94 valence electrons. The van der Waals surface area contributed by atoms with Gasteiger partial charge in [-0.25, -0.2) is 0 Å². The molecule has 0 N–H and O–H groups in total. The van der Waals surface area contributed by atoms with E-state index >= 15 is 0 Å². The molecule has 2 aliphatic carbocycles. The molecule has 0 aromatic rings. The summed E-state index contributed by atoms with van der Waals surface area (Å²) >= 11 is 0. The first-order valence-electron chi connectivity index (χ1n) is 7.00. The van der Waals surface area contributed by atoms with Gasteiger partial charge in [0, 0.05) is 7.11 Å². The Balaban J connectivity index is 1.67. The van der Waals surface area contributed by atoms with Gasteiger partial charge in [0.15, 0.2) is 0 Å². The van der Waals surface area contributed by atoms with E-state index in [-0.39, 0.29) is 0 Å². The van der Waals surface area contributed by atoms with E-state index in [0.717, 1.165) is 11.8 Å². The summed E-state index contributed by atoms with van der Waals surface area (Å²) in [5.41, 5.74) is 0. The van der Waals surface area contributed by atoms with Crippen molar-refractivity contribution in [1.82, 2.24) is 0 Å². The fourth-order valence-corrected chi connectivity index (χ4v) is 3.50. The van der Waals surface area contributed by atoms with Crippen molar-refractivity contribution in [1.29, 1.82) is 0 Å². The van der Waals surface area contributed by atoms with Crippen molar-refractivity contribution in [2.75, 3.05) is 13.9 Å². The van der Waals surface area contributed by atoms with E-state index < -0.39 is 0 Å². The summed E-state index contributed by atoms with van der Waals surface area (Å²) in [5.74, 6) is 2.04. The average molecular weight is 226 g/mol. The molecule has 16 heavy (non-hydrogen) atoms. The highest BCUT2D eigenvalue weighted by Crippen LogP contribution is 2.38. The first-order valence-corrected chi connectivity index (χ1v) is 7.00. The van der Waals surface area contributed by atoms with Gasteiger partial charge in [-0.3, -0.25) is 0 Å². The minimum Gasteiger partial charge on any atom is -0.359 e. The van der Waals surface area contributed by atoms with Crippen molar-refractivity contribution in [2.24, 2.45) is 11.8 Å². The molecule has 0 bridgehead atoms. The van der Waals surface area contributed by atoms with Gasteiger partial charge < -0.3 is 9.47 Å². The van der Waals surface area contributed by atoms with Gasteiger partial charge in [-0.2, -0.15) is 0 Å². The minimum atomic E-state index is 0.471. The smallest absolute Gasteiger partial charge is 0.146 e. The fourth-order valence-electron chi connectivity index (χ4n) is 3.50. The molecule has 0 saturated heterocycles. The lowest BCUT2D eigenvalue weighted by molar-refractivity contribution is -0.0883. The zero-order valence-corrected chi connectivity index (χ0v) is 10.6. The van der Waals surface area contributed by atoms with Crippen LogP contribution in [-0.4, -0.2) is 20.0 Å². The van der Waals surface area contributed by atoms with Crippen LogP contribution in [0.4, 0.5) is 0 Å². The maximum absolute atomic E-state index is 5.65. The summed E-state index contributed by atoms with van der Waals surface area (Å²) in [6.45, 7) is 0.471. The van der Waals surface area contributed by atoms with Crippen LogP contribution >= 0.6 is 0 Å². The lowest BCUT2D eigenvalue weighted by Gasteiger charge is -2.35. The maximum Gasteiger partial charge on any atom is 0.146 e. The van der Waals surface area contributed by atoms with E-state index in [1.807, 2.05) is 0 Å². The number of ether oxygens (including phenoxy) is 2. The van der Waals surface area contributed by atoms with Gasteiger partial charge in [-0.1, -0.05) is 32.1 Å². The third-order valence-corrected chi connectivity index (χ3v) is 4.46. The molecule has 0 spiro atoms. The standard InChI is InChI=1S/C14H26O2/c1-15-11-16-14-9-7-13(8-10-14)12-5-3-2-4-6-12/h12-14H,2-11H2,1H3. The normalized spacial score (nSPS) is 32.8. The molecule has 0 heterocycles. The van der Waals surface area contributed by atoms with Crippen molar-refractivity contribution in [2.45, 2.75) is 63.9 Å². The summed E-state index contributed by atoms with van der Waals surface area (Å²) in [6, 6.07) is 0. The van der Waals surface area contributed by atoms with Gasteiger partial charge in [-0.15, -0.1) is 0 Å². The van der Waals surface area contributed by atoms with E-state index in [1.165, 1.54) is 57.8 Å². The van der Waals surface area contributed by atoms with Crippen molar-refractivity contribution < 1.29 is 9.47 Å². The van der Waals surface area contributed by atoms with Crippen LogP contribution in [0.2, 0.25) is 0 Å². The third-order valence-electron chi connectivity index (χ3n) is 4.46. The molecule has 2 aliphatic rings. The summed E-state index contributed by atoms with van der Waals surface area (Å²) < 4.78 is 10.6. The predicted octanol–water partition coefficient (Wildman–Crippen LogP) is 3.75. The van der Waals surface area contributed by atoms with Crippen LogP contribution in [0.15, 0.2) is 0 Å². The molecule has 0 unspecified atom stereocenters. The van der Waals surface area contributed by atoms with Crippen molar-refractivity contribution in [3.63, 3.8) is 0 Å². The first kappa shape index (κ1) is 12.4. The van der Waals surface area contributed by atoms with Gasteiger partial charge in [-0.05, 0) is 37.5 Å². The largest absolute Gasteiger partial charge is 0.359 e. The highest BCUT2D eigenvalue weighted by molar-refractivity contribution is 4.80. The Labute approximate surface area is 99.7 Å². The molecule has 2 saturated carbocycles. The maximum atomic E-state index is 5.65. The molecule has 0 amide bonds. The SMILES string of the molecule is COCOC1CCC(C2CCCCC2)CC1. The van der Waals surface area contributed by atoms with Crippen LogP contribution < -0.4 is 0 Å². The van der Waals surface area contributed by atoms with Crippen molar-refractivity contribution in [3.8, 4) is 0 Å². The molecule has 0 aromatic heterocycles. The molecule has 2 heteroatoms. The topological polar surface area (TPSA) is 18.5 Å². The second kappa shape index (κ2) is 6.61. The lowest BCUT2D eigenvalue weighted by atomic mass is 9.73. The Kier molecular flexibility index (Phi) is 5.11. The van der Waals surface area contributed by atoms with Gasteiger partial charge in [0.2, 0.25) is 0 Å². The predicted molar refractivity (Wildman–Crippen MR) is 65.3 cm³/mol. The monoisotopic (exact) mass is 226 g/mol. The zero-order chi connectivity index (χ0) is 11.2. The highest BCUT2D eigenvalue weighted by Gasteiger charge is 2.28. The summed E-state index contributed by atoms with van der Waals surface area (Å²) in [4.78, 5) is 0. The Hall–Kier alpha value is -0.0800. The molecule has 2 rings (SSSR count). The van der Waals surface area contributed by atoms with Gasteiger partial charge in [0.05, 0.1) is 6.10 Å². The van der Waals surface area contributed by atoms with Gasteiger partial charge in [0.1, 0.15) is 6.79 Å². The lowest BCUT2D eigenvalue weighted by Crippen LogP contribution is -2.27. The van der Waals surface area contributed by atoms with Crippen LogP contribution in [0, 0.1) is 11.8 Å². The van der Waals surface area contributed by atoms with Crippen LogP contribution in [-0.2, 0) is 9.47 Å². The fraction of sp³-hybridized carbons (Fsp3) is 1.00. The van der Waals surface area contributed by atoms with E-state index in [2.05, 4.69) is 0 Å². The number of rotatable bonds is 4. The first-order chi connectivity index (χ1) is 7.90. The van der Waals surface area contributed by atoms with Gasteiger partial charge >= 0.3 is 0 Å². The molecule has 2 nitrogen and oxygen atoms in total. The molecule has 0 atom stereocenters. The molecule has 0 aliphatic heterocycles.